The van der Waals surface area contributed by atoms with Gasteiger partial charge in [-0.1, -0.05) is 6.92 Å². The number of hydrogen-bond donors (Lipinski definition) is 1. The second kappa shape index (κ2) is 4.09. The predicted octanol–water partition coefficient (Wildman–Crippen LogP) is 1.10. The fraction of sp³-hybridized carbons (Fsp3) is 0.750. The van der Waals surface area contributed by atoms with E-state index in [-0.39, 0.29) is 35.9 Å². The molecular formula is C12H18O4. The molecule has 0 saturated heterocycles. The van der Waals surface area contributed by atoms with Crippen molar-refractivity contribution in [1.82, 2.24) is 0 Å². The lowest BCUT2D eigenvalue weighted by Gasteiger charge is -2.33. The van der Waals surface area contributed by atoms with E-state index in [1.165, 1.54) is 13.4 Å². The molecule has 1 saturated carbocycles. The molecule has 1 aliphatic carbocycles. The Morgan fingerprint density at radius 2 is 2.25 bits per heavy atom. The molecule has 1 aliphatic heterocycles. The Labute approximate surface area is 95.2 Å². The third-order valence-electron chi connectivity index (χ3n) is 3.95. The zero-order chi connectivity index (χ0) is 11.9. The molecule has 2 aliphatic rings. The summed E-state index contributed by atoms with van der Waals surface area (Å²) in [5.74, 6) is 0.0897. The summed E-state index contributed by atoms with van der Waals surface area (Å²) in [4.78, 5) is 11.6. The maximum absolute atomic E-state index is 11.6. The topological polar surface area (TPSA) is 55.8 Å². The third kappa shape index (κ3) is 1.61. The Morgan fingerprint density at radius 3 is 2.88 bits per heavy atom. The van der Waals surface area contributed by atoms with Crippen LogP contribution in [-0.2, 0) is 14.3 Å². The number of rotatable bonds is 1. The van der Waals surface area contributed by atoms with Crippen LogP contribution >= 0.6 is 0 Å². The number of fused-ring (bicyclic) bond motifs is 1. The van der Waals surface area contributed by atoms with Gasteiger partial charge in [0, 0.05) is 11.8 Å². The van der Waals surface area contributed by atoms with E-state index >= 15 is 0 Å². The van der Waals surface area contributed by atoms with E-state index in [9.17, 15) is 9.90 Å². The molecule has 0 unspecified atom stereocenters. The van der Waals surface area contributed by atoms with Gasteiger partial charge in [0.2, 0.25) is 0 Å². The van der Waals surface area contributed by atoms with E-state index in [1.807, 2.05) is 13.8 Å². The van der Waals surface area contributed by atoms with Gasteiger partial charge in [0.25, 0.3) is 0 Å². The number of esters is 1. The minimum atomic E-state index is -0.354. The lowest BCUT2D eigenvalue weighted by atomic mass is 9.80. The van der Waals surface area contributed by atoms with Crippen molar-refractivity contribution in [3.8, 4) is 0 Å². The molecular weight excluding hydrogens is 208 g/mol. The van der Waals surface area contributed by atoms with Crippen LogP contribution in [0.4, 0.5) is 0 Å². The Morgan fingerprint density at radius 1 is 1.56 bits per heavy atom. The summed E-state index contributed by atoms with van der Waals surface area (Å²) in [7, 11) is 1.37. The molecule has 0 aromatic heterocycles. The summed E-state index contributed by atoms with van der Waals surface area (Å²) in [5.41, 5.74) is 0.564. The lowest BCUT2D eigenvalue weighted by Crippen LogP contribution is -2.34. The summed E-state index contributed by atoms with van der Waals surface area (Å²) in [5, 5.41) is 9.88. The van der Waals surface area contributed by atoms with Gasteiger partial charge in [-0.2, -0.15) is 0 Å². The van der Waals surface area contributed by atoms with Crippen molar-refractivity contribution in [1.29, 1.82) is 0 Å². The Hall–Kier alpha value is -1.03. The van der Waals surface area contributed by atoms with E-state index in [4.69, 9.17) is 9.47 Å². The number of aliphatic hydroxyl groups is 1. The Bertz CT molecular complexity index is 323. The summed E-state index contributed by atoms with van der Waals surface area (Å²) < 4.78 is 10.2. The van der Waals surface area contributed by atoms with Crippen LogP contribution in [0.25, 0.3) is 0 Å². The average Bonchev–Trinajstić information content (AvgIpc) is 2.56. The Balaban J connectivity index is 2.28. The highest BCUT2D eigenvalue weighted by atomic mass is 16.5. The molecule has 0 spiro atoms. The molecule has 4 nitrogen and oxygen atoms in total. The van der Waals surface area contributed by atoms with Crippen LogP contribution < -0.4 is 0 Å². The highest BCUT2D eigenvalue weighted by Crippen LogP contribution is 2.46. The molecule has 1 heterocycles. The summed E-state index contributed by atoms with van der Waals surface area (Å²) in [6, 6.07) is 0. The lowest BCUT2D eigenvalue weighted by molar-refractivity contribution is -0.138. The normalized spacial score (nSPS) is 42.0. The quantitative estimate of drug-likeness (QED) is 0.680. The zero-order valence-electron chi connectivity index (χ0n) is 9.84. The summed E-state index contributed by atoms with van der Waals surface area (Å²) in [6.45, 7) is 3.99. The van der Waals surface area contributed by atoms with Crippen LogP contribution in [0.3, 0.4) is 0 Å². The van der Waals surface area contributed by atoms with Crippen molar-refractivity contribution in [3.05, 3.63) is 11.8 Å². The van der Waals surface area contributed by atoms with E-state index < -0.39 is 0 Å². The van der Waals surface area contributed by atoms with Crippen molar-refractivity contribution in [2.45, 2.75) is 32.5 Å². The molecule has 0 aromatic rings. The first-order valence-corrected chi connectivity index (χ1v) is 5.68. The van der Waals surface area contributed by atoms with E-state index in [0.29, 0.717) is 12.0 Å². The fourth-order valence-electron chi connectivity index (χ4n) is 3.02. The van der Waals surface area contributed by atoms with Gasteiger partial charge in [-0.15, -0.1) is 0 Å². The van der Waals surface area contributed by atoms with E-state index in [2.05, 4.69) is 0 Å². The molecule has 16 heavy (non-hydrogen) atoms. The first-order valence-electron chi connectivity index (χ1n) is 5.68. The van der Waals surface area contributed by atoms with Gasteiger partial charge in [-0.05, 0) is 19.3 Å². The van der Waals surface area contributed by atoms with Crippen molar-refractivity contribution in [2.75, 3.05) is 7.11 Å². The van der Waals surface area contributed by atoms with Gasteiger partial charge in [0.05, 0.1) is 31.2 Å². The van der Waals surface area contributed by atoms with Gasteiger partial charge in [-0.3, -0.25) is 0 Å². The zero-order valence-corrected chi connectivity index (χ0v) is 9.84. The van der Waals surface area contributed by atoms with Crippen LogP contribution in [0.2, 0.25) is 0 Å². The fourth-order valence-corrected chi connectivity index (χ4v) is 3.02. The molecule has 5 atom stereocenters. The maximum atomic E-state index is 11.6. The van der Waals surface area contributed by atoms with Crippen molar-refractivity contribution in [2.24, 2.45) is 17.8 Å². The standard InChI is InChI=1S/C12H18O4/c1-6-10(13)4-8-9(12(14)15-3)5-16-7(2)11(6)8/h5-8,10-11,13H,4H2,1-3H3/t6-,7-,8+,10-,11-/m0/s1. The largest absolute Gasteiger partial charge is 0.497 e. The number of carbonyl (C=O) groups is 1. The minimum absolute atomic E-state index is 0.0468. The SMILES string of the molecule is COC(=O)C1=CO[C@@H](C)[C@@H]2[C@@H](C)[C@@H](O)C[C@H]12. The highest BCUT2D eigenvalue weighted by Gasteiger charge is 2.48. The van der Waals surface area contributed by atoms with Gasteiger partial charge in [-0.25, -0.2) is 4.79 Å². The molecule has 2 rings (SSSR count). The van der Waals surface area contributed by atoms with E-state index in [0.717, 1.165) is 0 Å². The molecule has 1 fully saturated rings. The van der Waals surface area contributed by atoms with Gasteiger partial charge in [0.1, 0.15) is 0 Å². The van der Waals surface area contributed by atoms with Crippen LogP contribution in [0, 0.1) is 17.8 Å². The highest BCUT2D eigenvalue weighted by molar-refractivity contribution is 5.89. The number of hydrogen-bond acceptors (Lipinski definition) is 4. The second-order valence-electron chi connectivity index (χ2n) is 4.75. The van der Waals surface area contributed by atoms with Gasteiger partial charge < -0.3 is 14.6 Å². The average molecular weight is 226 g/mol. The first kappa shape index (κ1) is 11.5. The summed E-state index contributed by atoms with van der Waals surface area (Å²) >= 11 is 0. The third-order valence-corrected chi connectivity index (χ3v) is 3.95. The van der Waals surface area contributed by atoms with Crippen LogP contribution in [-0.4, -0.2) is 30.4 Å². The molecule has 0 bridgehead atoms. The molecule has 0 radical (unpaired) electrons. The predicted molar refractivity (Wildman–Crippen MR) is 57.4 cm³/mol. The smallest absolute Gasteiger partial charge is 0.337 e. The molecule has 4 heteroatoms. The Kier molecular flexibility index (Phi) is 2.93. The van der Waals surface area contributed by atoms with Crippen LogP contribution in [0.15, 0.2) is 11.8 Å². The molecule has 90 valence electrons. The number of aliphatic hydroxyl groups excluding tert-OH is 1. The van der Waals surface area contributed by atoms with Crippen molar-refractivity contribution in [3.63, 3.8) is 0 Å². The number of carbonyl (C=O) groups excluding carboxylic acids is 1. The van der Waals surface area contributed by atoms with Crippen LogP contribution in [0.5, 0.6) is 0 Å². The van der Waals surface area contributed by atoms with Gasteiger partial charge in [0.15, 0.2) is 0 Å². The molecule has 0 amide bonds. The van der Waals surface area contributed by atoms with Crippen molar-refractivity contribution < 1.29 is 19.4 Å². The van der Waals surface area contributed by atoms with Gasteiger partial charge >= 0.3 is 5.97 Å². The second-order valence-corrected chi connectivity index (χ2v) is 4.75. The minimum Gasteiger partial charge on any atom is -0.497 e. The number of methoxy groups -OCH3 is 1. The first-order chi connectivity index (χ1) is 7.56. The molecule has 0 aromatic carbocycles. The van der Waals surface area contributed by atoms with Crippen LogP contribution in [0.1, 0.15) is 20.3 Å². The van der Waals surface area contributed by atoms with Crippen molar-refractivity contribution >= 4 is 5.97 Å². The number of ether oxygens (including phenoxy) is 2. The maximum Gasteiger partial charge on any atom is 0.337 e. The molecule has 1 N–H and O–H groups in total. The van der Waals surface area contributed by atoms with E-state index in [1.54, 1.807) is 0 Å². The monoisotopic (exact) mass is 226 g/mol. The summed E-state index contributed by atoms with van der Waals surface area (Å²) in [6.07, 6.45) is 1.82.